The third-order valence-electron chi connectivity index (χ3n) is 4.04. The van der Waals surface area contributed by atoms with Gasteiger partial charge in [0, 0.05) is 17.3 Å². The van der Waals surface area contributed by atoms with Crippen LogP contribution >= 0.6 is 11.6 Å². The first-order valence-electron chi connectivity index (χ1n) is 7.05. The number of aromatic nitrogens is 1. The van der Waals surface area contributed by atoms with Crippen LogP contribution in [0.25, 0.3) is 10.9 Å². The van der Waals surface area contributed by atoms with E-state index in [0.29, 0.717) is 12.0 Å². The summed E-state index contributed by atoms with van der Waals surface area (Å²) in [6.45, 7) is 0. The Morgan fingerprint density at radius 2 is 1.95 bits per heavy atom. The van der Waals surface area contributed by atoms with E-state index < -0.39 is 0 Å². The highest BCUT2D eigenvalue weighted by molar-refractivity contribution is 6.18. The van der Waals surface area contributed by atoms with E-state index in [1.54, 1.807) is 0 Å². The van der Waals surface area contributed by atoms with E-state index >= 15 is 0 Å². The van der Waals surface area contributed by atoms with E-state index in [4.69, 9.17) is 11.6 Å². The molecule has 1 saturated carbocycles. The molecule has 3 rings (SSSR count). The highest BCUT2D eigenvalue weighted by atomic mass is 35.5. The van der Waals surface area contributed by atoms with E-state index in [1.165, 1.54) is 31.1 Å². The fourth-order valence-electron chi connectivity index (χ4n) is 2.92. The molecular weight excluding hydrogens is 256 g/mol. The molecule has 1 N–H and O–H groups in total. The summed E-state index contributed by atoms with van der Waals surface area (Å²) < 4.78 is 0. The molecule has 0 spiro atoms. The molecule has 2 nitrogen and oxygen atoms in total. The Morgan fingerprint density at radius 3 is 2.84 bits per heavy atom. The molecule has 2 unspecified atom stereocenters. The van der Waals surface area contributed by atoms with E-state index in [9.17, 15) is 0 Å². The van der Waals surface area contributed by atoms with Crippen molar-refractivity contribution < 1.29 is 0 Å². The van der Waals surface area contributed by atoms with Crippen molar-refractivity contribution >= 4 is 28.3 Å². The number of fused-ring (bicyclic) bond motifs is 1. The van der Waals surface area contributed by atoms with Crippen LogP contribution in [0.5, 0.6) is 0 Å². The SMILES string of the molecule is ClCC1CCCCC1Nc1ccc2ccccc2n1. The van der Waals surface area contributed by atoms with Crippen molar-refractivity contribution in [3.05, 3.63) is 36.4 Å². The number of alkyl halides is 1. The maximum absolute atomic E-state index is 6.08. The second kappa shape index (κ2) is 5.79. The first-order valence-corrected chi connectivity index (χ1v) is 7.58. The van der Waals surface area contributed by atoms with E-state index in [2.05, 4.69) is 34.6 Å². The van der Waals surface area contributed by atoms with Gasteiger partial charge in [-0.2, -0.15) is 0 Å². The van der Waals surface area contributed by atoms with Crippen molar-refractivity contribution in [2.45, 2.75) is 31.7 Å². The van der Waals surface area contributed by atoms with Crippen LogP contribution in [0.3, 0.4) is 0 Å². The van der Waals surface area contributed by atoms with Crippen molar-refractivity contribution in [2.24, 2.45) is 5.92 Å². The van der Waals surface area contributed by atoms with E-state index in [0.717, 1.165) is 17.2 Å². The average Bonchev–Trinajstić information content (AvgIpc) is 2.48. The molecule has 1 aliphatic carbocycles. The molecule has 1 fully saturated rings. The molecule has 2 aromatic rings. The Balaban J connectivity index is 1.80. The normalized spacial score (nSPS) is 23.4. The van der Waals surface area contributed by atoms with Crippen molar-refractivity contribution in [3.8, 4) is 0 Å². The smallest absolute Gasteiger partial charge is 0.126 e. The van der Waals surface area contributed by atoms with Crippen LogP contribution in [0.1, 0.15) is 25.7 Å². The zero-order chi connectivity index (χ0) is 13.1. The number of nitrogens with zero attached hydrogens (tertiary/aromatic N) is 1. The molecule has 0 radical (unpaired) electrons. The van der Waals surface area contributed by atoms with Gasteiger partial charge < -0.3 is 5.32 Å². The van der Waals surface area contributed by atoms with E-state index in [1.807, 2.05) is 12.1 Å². The number of hydrogen-bond donors (Lipinski definition) is 1. The number of rotatable bonds is 3. The van der Waals surface area contributed by atoms with Gasteiger partial charge in [0.25, 0.3) is 0 Å². The molecule has 1 heterocycles. The number of anilines is 1. The van der Waals surface area contributed by atoms with Crippen LogP contribution in [0.4, 0.5) is 5.82 Å². The van der Waals surface area contributed by atoms with Crippen LogP contribution < -0.4 is 5.32 Å². The van der Waals surface area contributed by atoms with Gasteiger partial charge in [0.1, 0.15) is 5.82 Å². The predicted octanol–water partition coefficient (Wildman–Crippen LogP) is 4.44. The molecule has 0 amide bonds. The fraction of sp³-hybridized carbons (Fsp3) is 0.438. The lowest BCUT2D eigenvalue weighted by Crippen LogP contribution is -2.33. The van der Waals surface area contributed by atoms with Gasteiger partial charge in [-0.3, -0.25) is 0 Å². The van der Waals surface area contributed by atoms with Crippen LogP contribution in [-0.4, -0.2) is 16.9 Å². The van der Waals surface area contributed by atoms with Crippen LogP contribution in [0.15, 0.2) is 36.4 Å². The van der Waals surface area contributed by atoms with Gasteiger partial charge in [-0.15, -0.1) is 11.6 Å². The quantitative estimate of drug-likeness (QED) is 0.837. The first-order chi connectivity index (χ1) is 9.36. The average molecular weight is 275 g/mol. The largest absolute Gasteiger partial charge is 0.367 e. The summed E-state index contributed by atoms with van der Waals surface area (Å²) >= 11 is 6.08. The summed E-state index contributed by atoms with van der Waals surface area (Å²) in [7, 11) is 0. The van der Waals surface area contributed by atoms with Gasteiger partial charge in [-0.25, -0.2) is 4.98 Å². The fourth-order valence-corrected chi connectivity index (χ4v) is 3.29. The number of para-hydroxylation sites is 1. The van der Waals surface area contributed by atoms with Gasteiger partial charge in [0.2, 0.25) is 0 Å². The number of nitrogens with one attached hydrogen (secondary N) is 1. The summed E-state index contributed by atoms with van der Waals surface area (Å²) in [6.07, 6.45) is 5.03. The van der Waals surface area contributed by atoms with Crippen molar-refractivity contribution in [3.63, 3.8) is 0 Å². The van der Waals surface area contributed by atoms with Crippen LogP contribution in [0, 0.1) is 5.92 Å². The Bertz CT molecular complexity index is 555. The number of hydrogen-bond acceptors (Lipinski definition) is 2. The molecule has 2 atom stereocenters. The zero-order valence-corrected chi connectivity index (χ0v) is 11.7. The first kappa shape index (κ1) is 12.7. The Hall–Kier alpha value is -1.28. The summed E-state index contributed by atoms with van der Waals surface area (Å²) in [5.41, 5.74) is 1.05. The van der Waals surface area contributed by atoms with Gasteiger partial charge >= 0.3 is 0 Å². The molecule has 0 bridgehead atoms. The van der Waals surface area contributed by atoms with E-state index in [-0.39, 0.29) is 0 Å². The molecule has 1 aromatic carbocycles. The zero-order valence-electron chi connectivity index (χ0n) is 11.0. The lowest BCUT2D eigenvalue weighted by molar-refractivity contribution is 0.352. The summed E-state index contributed by atoms with van der Waals surface area (Å²) in [4.78, 5) is 4.68. The van der Waals surface area contributed by atoms with Crippen molar-refractivity contribution in [1.82, 2.24) is 4.98 Å². The highest BCUT2D eigenvalue weighted by Gasteiger charge is 2.24. The van der Waals surface area contributed by atoms with Gasteiger partial charge in [-0.1, -0.05) is 31.0 Å². The lowest BCUT2D eigenvalue weighted by atomic mass is 9.86. The highest BCUT2D eigenvalue weighted by Crippen LogP contribution is 2.28. The summed E-state index contributed by atoms with van der Waals surface area (Å²) in [5, 5.41) is 4.76. The Morgan fingerprint density at radius 1 is 1.11 bits per heavy atom. The van der Waals surface area contributed by atoms with Crippen LogP contribution in [0.2, 0.25) is 0 Å². The third kappa shape index (κ3) is 2.84. The standard InChI is InChI=1S/C16H19ClN2/c17-11-13-6-2-4-8-15(13)19-16-10-9-12-5-1-3-7-14(12)18-16/h1,3,5,7,9-10,13,15H,2,4,6,8,11H2,(H,18,19). The Labute approximate surface area is 119 Å². The number of halogens is 1. The number of pyridine rings is 1. The second-order valence-electron chi connectivity index (χ2n) is 5.34. The topological polar surface area (TPSA) is 24.9 Å². The van der Waals surface area contributed by atoms with Crippen LogP contribution in [-0.2, 0) is 0 Å². The lowest BCUT2D eigenvalue weighted by Gasteiger charge is -2.31. The molecule has 100 valence electrons. The third-order valence-corrected chi connectivity index (χ3v) is 4.44. The van der Waals surface area contributed by atoms with Gasteiger partial charge in [0.05, 0.1) is 5.52 Å². The molecule has 0 aliphatic heterocycles. The summed E-state index contributed by atoms with van der Waals surface area (Å²) in [5.74, 6) is 2.29. The minimum atomic E-state index is 0.472. The number of benzene rings is 1. The molecule has 1 aromatic heterocycles. The Kier molecular flexibility index (Phi) is 3.88. The minimum absolute atomic E-state index is 0.472. The van der Waals surface area contributed by atoms with Crippen molar-refractivity contribution in [2.75, 3.05) is 11.2 Å². The maximum atomic E-state index is 6.08. The second-order valence-corrected chi connectivity index (χ2v) is 5.65. The molecular formula is C16H19ClN2. The molecule has 0 saturated heterocycles. The monoisotopic (exact) mass is 274 g/mol. The molecule has 1 aliphatic rings. The maximum Gasteiger partial charge on any atom is 0.126 e. The molecule has 3 heteroatoms. The summed E-state index contributed by atoms with van der Waals surface area (Å²) in [6, 6.07) is 12.9. The van der Waals surface area contributed by atoms with Gasteiger partial charge in [-0.05, 0) is 37.0 Å². The van der Waals surface area contributed by atoms with Crippen molar-refractivity contribution in [1.29, 1.82) is 0 Å². The predicted molar refractivity (Wildman–Crippen MR) is 81.8 cm³/mol. The molecule has 19 heavy (non-hydrogen) atoms. The van der Waals surface area contributed by atoms with Gasteiger partial charge in [0.15, 0.2) is 0 Å². The minimum Gasteiger partial charge on any atom is -0.367 e.